The van der Waals surface area contributed by atoms with Gasteiger partial charge in [0.1, 0.15) is 0 Å². The van der Waals surface area contributed by atoms with E-state index >= 15 is 0 Å². The van der Waals surface area contributed by atoms with E-state index in [2.05, 4.69) is 32.7 Å². The fourth-order valence-corrected chi connectivity index (χ4v) is 4.40. The molecule has 32 heavy (non-hydrogen) atoms. The van der Waals surface area contributed by atoms with Gasteiger partial charge in [-0.3, -0.25) is 9.89 Å². The lowest BCUT2D eigenvalue weighted by Gasteiger charge is -2.35. The first-order chi connectivity index (χ1) is 15.7. The molecule has 8 heteroatoms. The molecule has 0 radical (unpaired) electrons. The molecule has 1 saturated heterocycles. The molecule has 0 spiro atoms. The minimum absolute atomic E-state index is 0.169. The second-order valence-corrected chi connectivity index (χ2v) is 8.29. The Balaban J connectivity index is 1.54. The highest BCUT2D eigenvalue weighted by Gasteiger charge is 2.24. The molecular weight excluding hydrogens is 408 g/mol. The van der Waals surface area contributed by atoms with Gasteiger partial charge in [-0.05, 0) is 37.0 Å². The topological polar surface area (TPSA) is 76.6 Å². The van der Waals surface area contributed by atoms with Gasteiger partial charge in [0.25, 0.3) is 0 Å². The molecule has 2 aliphatic rings. The molecule has 1 aliphatic heterocycles. The number of benzene rings is 1. The van der Waals surface area contributed by atoms with Crippen LogP contribution in [0.15, 0.2) is 23.2 Å². The van der Waals surface area contributed by atoms with Gasteiger partial charge in [-0.2, -0.15) is 0 Å². The SMILES string of the molecule is CN=C(NCCCOC1CCCC1)NCC(c1ccc(OC)c(OC)c1)N1CCOCC1. The van der Waals surface area contributed by atoms with Crippen LogP contribution in [0.1, 0.15) is 43.7 Å². The fraction of sp³-hybridized carbons (Fsp3) is 0.708. The number of rotatable bonds is 11. The van der Waals surface area contributed by atoms with Gasteiger partial charge in [0.2, 0.25) is 0 Å². The third-order valence-electron chi connectivity index (χ3n) is 6.23. The van der Waals surface area contributed by atoms with Crippen LogP contribution >= 0.6 is 0 Å². The smallest absolute Gasteiger partial charge is 0.191 e. The molecule has 2 fully saturated rings. The molecule has 1 aromatic rings. The van der Waals surface area contributed by atoms with Gasteiger partial charge in [-0.15, -0.1) is 0 Å². The molecule has 1 saturated carbocycles. The highest BCUT2D eigenvalue weighted by molar-refractivity contribution is 5.79. The first-order valence-corrected chi connectivity index (χ1v) is 11.8. The molecule has 1 unspecified atom stereocenters. The lowest BCUT2D eigenvalue weighted by Crippen LogP contribution is -2.46. The number of aliphatic imine (C=N–C) groups is 1. The maximum Gasteiger partial charge on any atom is 0.191 e. The molecule has 1 aliphatic carbocycles. The third kappa shape index (κ3) is 7.25. The van der Waals surface area contributed by atoms with Crippen molar-refractivity contribution in [2.45, 2.75) is 44.2 Å². The van der Waals surface area contributed by atoms with E-state index in [4.69, 9.17) is 18.9 Å². The molecule has 3 rings (SSSR count). The lowest BCUT2D eigenvalue weighted by molar-refractivity contribution is 0.0169. The molecular formula is C24H40N4O4. The van der Waals surface area contributed by atoms with Crippen molar-refractivity contribution in [3.8, 4) is 11.5 Å². The predicted octanol–water partition coefficient (Wildman–Crippen LogP) is 2.59. The minimum Gasteiger partial charge on any atom is -0.493 e. The first-order valence-electron chi connectivity index (χ1n) is 11.8. The quantitative estimate of drug-likeness (QED) is 0.306. The summed E-state index contributed by atoms with van der Waals surface area (Å²) in [5, 5.41) is 6.92. The van der Waals surface area contributed by atoms with Crippen molar-refractivity contribution in [2.24, 2.45) is 4.99 Å². The Hall–Kier alpha value is -2.03. The zero-order valence-corrected chi connectivity index (χ0v) is 19.9. The maximum atomic E-state index is 5.95. The van der Waals surface area contributed by atoms with Crippen molar-refractivity contribution in [3.05, 3.63) is 23.8 Å². The lowest BCUT2D eigenvalue weighted by atomic mass is 10.0. The molecule has 8 nitrogen and oxygen atoms in total. The van der Waals surface area contributed by atoms with Crippen molar-refractivity contribution < 1.29 is 18.9 Å². The van der Waals surface area contributed by atoms with E-state index in [0.717, 1.165) is 69.9 Å². The number of ether oxygens (including phenoxy) is 4. The molecule has 0 amide bonds. The van der Waals surface area contributed by atoms with Crippen molar-refractivity contribution in [1.82, 2.24) is 15.5 Å². The van der Waals surface area contributed by atoms with Crippen LogP contribution in [0.3, 0.4) is 0 Å². The highest BCUT2D eigenvalue weighted by atomic mass is 16.5. The molecule has 1 heterocycles. The first kappa shape index (κ1) is 24.6. The van der Waals surface area contributed by atoms with Crippen molar-refractivity contribution in [2.75, 3.05) is 67.3 Å². The van der Waals surface area contributed by atoms with Crippen LogP contribution < -0.4 is 20.1 Å². The van der Waals surface area contributed by atoms with Gasteiger partial charge in [0.15, 0.2) is 17.5 Å². The largest absolute Gasteiger partial charge is 0.493 e. The van der Waals surface area contributed by atoms with Gasteiger partial charge >= 0.3 is 0 Å². The average molecular weight is 449 g/mol. The molecule has 2 N–H and O–H groups in total. The average Bonchev–Trinajstić information content (AvgIpc) is 3.36. The minimum atomic E-state index is 0.169. The van der Waals surface area contributed by atoms with E-state index in [1.165, 1.54) is 31.2 Å². The van der Waals surface area contributed by atoms with Crippen LogP contribution in [0.5, 0.6) is 11.5 Å². The molecule has 0 aromatic heterocycles. The Bertz CT molecular complexity index is 703. The summed E-state index contributed by atoms with van der Waals surface area (Å²) in [5.74, 6) is 2.29. The number of nitrogens with zero attached hydrogens (tertiary/aromatic N) is 2. The van der Waals surface area contributed by atoms with E-state index in [9.17, 15) is 0 Å². The number of guanidine groups is 1. The molecule has 1 aromatic carbocycles. The van der Waals surface area contributed by atoms with Crippen LogP contribution in [0, 0.1) is 0 Å². The number of hydrogen-bond acceptors (Lipinski definition) is 6. The maximum absolute atomic E-state index is 5.95. The van der Waals surface area contributed by atoms with Crippen LogP contribution in [0.2, 0.25) is 0 Å². The second-order valence-electron chi connectivity index (χ2n) is 8.29. The van der Waals surface area contributed by atoms with E-state index in [1.807, 2.05) is 13.1 Å². The Morgan fingerprint density at radius 1 is 1.12 bits per heavy atom. The van der Waals surface area contributed by atoms with Gasteiger partial charge in [0, 0.05) is 39.8 Å². The van der Waals surface area contributed by atoms with Crippen LogP contribution in [-0.2, 0) is 9.47 Å². The van der Waals surface area contributed by atoms with E-state index in [1.54, 1.807) is 14.2 Å². The second kappa shape index (κ2) is 13.5. The number of nitrogens with one attached hydrogen (secondary N) is 2. The number of methoxy groups -OCH3 is 2. The summed E-state index contributed by atoms with van der Waals surface area (Å²) >= 11 is 0. The normalized spacial score (nSPS) is 19.0. The van der Waals surface area contributed by atoms with Gasteiger partial charge < -0.3 is 29.6 Å². The summed E-state index contributed by atoms with van der Waals surface area (Å²) in [4.78, 5) is 6.85. The van der Waals surface area contributed by atoms with E-state index in [0.29, 0.717) is 6.10 Å². The van der Waals surface area contributed by atoms with Crippen molar-refractivity contribution >= 4 is 5.96 Å². The van der Waals surface area contributed by atoms with Gasteiger partial charge in [0.05, 0.1) is 39.6 Å². The summed E-state index contributed by atoms with van der Waals surface area (Å²) in [7, 11) is 5.14. The Labute approximate surface area is 192 Å². The Kier molecular flexibility index (Phi) is 10.4. The standard InChI is InChI=1S/C24H40N4O4/c1-25-24(26-11-6-14-32-20-7-4-5-8-20)27-18-21(28-12-15-31-16-13-28)19-9-10-22(29-2)23(17-19)30-3/h9-10,17,20-21H,4-8,11-16,18H2,1-3H3,(H2,25,26,27). The monoisotopic (exact) mass is 448 g/mol. The van der Waals surface area contributed by atoms with Crippen molar-refractivity contribution in [3.63, 3.8) is 0 Å². The van der Waals surface area contributed by atoms with E-state index < -0.39 is 0 Å². The molecule has 1 atom stereocenters. The number of hydrogen-bond donors (Lipinski definition) is 2. The molecule has 180 valence electrons. The van der Waals surface area contributed by atoms with Crippen LogP contribution in [-0.4, -0.2) is 84.2 Å². The zero-order valence-electron chi connectivity index (χ0n) is 19.9. The summed E-state index contributed by atoms with van der Waals surface area (Å²) in [6.07, 6.45) is 6.50. The Morgan fingerprint density at radius 2 is 1.88 bits per heavy atom. The number of morpholine rings is 1. The predicted molar refractivity (Wildman–Crippen MR) is 127 cm³/mol. The summed E-state index contributed by atoms with van der Waals surface area (Å²) in [6.45, 7) is 5.65. The van der Waals surface area contributed by atoms with E-state index in [-0.39, 0.29) is 6.04 Å². The summed E-state index contributed by atoms with van der Waals surface area (Å²) in [5.41, 5.74) is 1.18. The Morgan fingerprint density at radius 3 is 2.56 bits per heavy atom. The van der Waals surface area contributed by atoms with Crippen LogP contribution in [0.25, 0.3) is 0 Å². The summed E-state index contributed by atoms with van der Waals surface area (Å²) in [6, 6.07) is 6.32. The molecule has 0 bridgehead atoms. The zero-order chi connectivity index (χ0) is 22.6. The third-order valence-corrected chi connectivity index (χ3v) is 6.23. The fourth-order valence-electron chi connectivity index (χ4n) is 4.40. The summed E-state index contributed by atoms with van der Waals surface area (Å²) < 4.78 is 22.5. The van der Waals surface area contributed by atoms with Crippen LogP contribution in [0.4, 0.5) is 0 Å². The highest BCUT2D eigenvalue weighted by Crippen LogP contribution is 2.32. The van der Waals surface area contributed by atoms with Crippen molar-refractivity contribution in [1.29, 1.82) is 0 Å². The van der Waals surface area contributed by atoms with Gasteiger partial charge in [-0.1, -0.05) is 18.9 Å². The van der Waals surface area contributed by atoms with Gasteiger partial charge in [-0.25, -0.2) is 0 Å².